The van der Waals surface area contributed by atoms with Crippen molar-refractivity contribution in [1.29, 1.82) is 5.26 Å². The average molecular weight is 467 g/mol. The minimum atomic E-state index is -3.84. The molecule has 3 rings (SSSR count). The maximum Gasteiger partial charge on any atom is 0.294 e. The average Bonchev–Trinajstić information content (AvgIpc) is 3.17. The first-order valence-corrected chi connectivity index (χ1v) is 11.9. The zero-order chi connectivity index (χ0) is 24.2. The van der Waals surface area contributed by atoms with Gasteiger partial charge in [0.1, 0.15) is 5.82 Å². The van der Waals surface area contributed by atoms with Gasteiger partial charge in [-0.05, 0) is 50.6 Å². The Balaban J connectivity index is 2.06. The largest absolute Gasteiger partial charge is 0.330 e. The van der Waals surface area contributed by atoms with E-state index in [1.807, 2.05) is 51.1 Å². The van der Waals surface area contributed by atoms with Gasteiger partial charge in [-0.2, -0.15) is 5.26 Å². The molecule has 1 heterocycles. The minimum absolute atomic E-state index is 0.00400. The van der Waals surface area contributed by atoms with Crippen molar-refractivity contribution < 1.29 is 13.2 Å². The van der Waals surface area contributed by atoms with Crippen LogP contribution < -0.4 is 5.14 Å². The summed E-state index contributed by atoms with van der Waals surface area (Å²) in [5.41, 5.74) is 0.985. The van der Waals surface area contributed by atoms with Gasteiger partial charge >= 0.3 is 0 Å². The van der Waals surface area contributed by atoms with Crippen molar-refractivity contribution in [3.8, 4) is 11.8 Å². The normalized spacial score (nSPS) is 11.7. The number of sulfonamides is 1. The van der Waals surface area contributed by atoms with E-state index in [1.165, 1.54) is 16.8 Å². The molecule has 0 bridgehead atoms. The van der Waals surface area contributed by atoms with E-state index < -0.39 is 15.6 Å². The summed E-state index contributed by atoms with van der Waals surface area (Å²) in [7, 11) is -3.84. The summed E-state index contributed by atoms with van der Waals surface area (Å²) in [6, 6.07) is 17.6. The van der Waals surface area contributed by atoms with Crippen molar-refractivity contribution in [2.75, 3.05) is 6.54 Å². The molecule has 0 spiro atoms. The van der Waals surface area contributed by atoms with Crippen molar-refractivity contribution in [3.05, 3.63) is 71.8 Å². The zero-order valence-electron chi connectivity index (χ0n) is 18.8. The molecule has 0 atom stereocenters. The predicted molar refractivity (Wildman–Crippen MR) is 123 cm³/mol. The Hall–Kier alpha value is -3.55. The third-order valence-corrected chi connectivity index (χ3v) is 5.91. The van der Waals surface area contributed by atoms with Crippen LogP contribution in [0.2, 0.25) is 0 Å². The van der Waals surface area contributed by atoms with Gasteiger partial charge < -0.3 is 4.90 Å². The number of nitrogens with zero attached hydrogens (tertiary/aromatic N) is 5. The Labute approximate surface area is 193 Å². The molecule has 2 aromatic carbocycles. The van der Waals surface area contributed by atoms with Crippen LogP contribution in [-0.2, 0) is 16.4 Å². The Kier molecular flexibility index (Phi) is 6.95. The Morgan fingerprint density at radius 1 is 1.12 bits per heavy atom. The standard InChI is InChI=1S/C23H26N6O3S/c1-23(2,3)28(15-7-14-24)22(30)21-26-20(16-17-8-5-4-6-9-17)29(27-21)18-10-12-19(13-11-18)33(25,31)32/h4-6,8-13H,7,15-16H2,1-3H3,(H2,25,31,32). The highest BCUT2D eigenvalue weighted by Crippen LogP contribution is 2.20. The van der Waals surface area contributed by atoms with Crippen LogP contribution in [0, 0.1) is 11.3 Å². The summed E-state index contributed by atoms with van der Waals surface area (Å²) in [5, 5.41) is 18.7. The third-order valence-electron chi connectivity index (χ3n) is 4.98. The van der Waals surface area contributed by atoms with Crippen LogP contribution in [0.3, 0.4) is 0 Å². The van der Waals surface area contributed by atoms with E-state index in [-0.39, 0.29) is 29.6 Å². The molecule has 0 radical (unpaired) electrons. The van der Waals surface area contributed by atoms with E-state index >= 15 is 0 Å². The molecule has 0 saturated carbocycles. The number of primary sulfonamides is 1. The van der Waals surface area contributed by atoms with Gasteiger partial charge in [0.2, 0.25) is 15.8 Å². The third kappa shape index (κ3) is 5.83. The second-order valence-corrected chi connectivity index (χ2v) is 10.1. The summed E-state index contributed by atoms with van der Waals surface area (Å²) in [6.07, 6.45) is 0.599. The van der Waals surface area contributed by atoms with Crippen LogP contribution in [0.5, 0.6) is 0 Å². The topological polar surface area (TPSA) is 135 Å². The fourth-order valence-corrected chi connectivity index (χ4v) is 3.85. The summed E-state index contributed by atoms with van der Waals surface area (Å²) < 4.78 is 24.7. The Bertz CT molecular complexity index is 1270. The zero-order valence-corrected chi connectivity index (χ0v) is 19.6. The number of hydrogen-bond donors (Lipinski definition) is 1. The molecule has 33 heavy (non-hydrogen) atoms. The minimum Gasteiger partial charge on any atom is -0.330 e. The van der Waals surface area contributed by atoms with E-state index in [0.29, 0.717) is 17.9 Å². The Morgan fingerprint density at radius 3 is 2.30 bits per heavy atom. The first-order chi connectivity index (χ1) is 15.5. The molecule has 0 aliphatic heterocycles. The van der Waals surface area contributed by atoms with Crippen LogP contribution in [-0.4, -0.2) is 46.1 Å². The van der Waals surface area contributed by atoms with E-state index in [0.717, 1.165) is 5.56 Å². The first kappa shape index (κ1) is 24.1. The predicted octanol–water partition coefficient (Wildman–Crippen LogP) is 2.66. The van der Waals surface area contributed by atoms with Crippen molar-refractivity contribution in [2.45, 2.75) is 44.0 Å². The van der Waals surface area contributed by atoms with E-state index in [2.05, 4.69) is 16.2 Å². The summed E-state index contributed by atoms with van der Waals surface area (Å²) in [5.74, 6) is 0.137. The van der Waals surface area contributed by atoms with Crippen molar-refractivity contribution in [2.24, 2.45) is 5.14 Å². The highest BCUT2D eigenvalue weighted by molar-refractivity contribution is 7.89. The van der Waals surface area contributed by atoms with Crippen LogP contribution in [0.25, 0.3) is 5.69 Å². The second-order valence-electron chi connectivity index (χ2n) is 8.50. The Morgan fingerprint density at radius 2 is 1.76 bits per heavy atom. The molecule has 0 saturated heterocycles. The monoisotopic (exact) mass is 466 g/mol. The van der Waals surface area contributed by atoms with Crippen molar-refractivity contribution in [1.82, 2.24) is 19.7 Å². The molecule has 0 fully saturated rings. The number of nitriles is 1. The lowest BCUT2D eigenvalue weighted by atomic mass is 10.1. The van der Waals surface area contributed by atoms with Crippen molar-refractivity contribution >= 4 is 15.9 Å². The molecule has 10 heteroatoms. The van der Waals surface area contributed by atoms with Gasteiger partial charge in [0.25, 0.3) is 5.91 Å². The number of aromatic nitrogens is 3. The second kappa shape index (κ2) is 9.52. The number of carbonyl (C=O) groups is 1. The molecular weight excluding hydrogens is 440 g/mol. The summed E-state index contributed by atoms with van der Waals surface area (Å²) >= 11 is 0. The lowest BCUT2D eigenvalue weighted by Crippen LogP contribution is -2.46. The molecule has 3 aromatic rings. The van der Waals surface area contributed by atoms with Gasteiger partial charge in [-0.25, -0.2) is 23.2 Å². The molecule has 0 aliphatic rings. The van der Waals surface area contributed by atoms with Crippen LogP contribution in [0.4, 0.5) is 0 Å². The van der Waals surface area contributed by atoms with Crippen LogP contribution in [0.1, 0.15) is 49.2 Å². The van der Waals surface area contributed by atoms with Gasteiger partial charge in [-0.1, -0.05) is 30.3 Å². The molecule has 1 aromatic heterocycles. The fourth-order valence-electron chi connectivity index (χ4n) is 3.34. The lowest BCUT2D eigenvalue weighted by Gasteiger charge is -2.34. The number of nitrogens with two attached hydrogens (primary N) is 1. The summed E-state index contributed by atoms with van der Waals surface area (Å²) in [4.78, 5) is 19.4. The van der Waals surface area contributed by atoms with Gasteiger partial charge in [0, 0.05) is 18.5 Å². The summed E-state index contributed by atoms with van der Waals surface area (Å²) in [6.45, 7) is 5.91. The van der Waals surface area contributed by atoms with Crippen LogP contribution >= 0.6 is 0 Å². The maximum atomic E-state index is 13.3. The SMILES string of the molecule is CC(C)(C)N(CCC#N)C(=O)c1nc(Cc2ccccc2)n(-c2ccc(S(N)(=O)=O)cc2)n1. The maximum absolute atomic E-state index is 13.3. The van der Waals surface area contributed by atoms with E-state index in [4.69, 9.17) is 10.4 Å². The molecule has 0 unspecified atom stereocenters. The number of hydrogen-bond acceptors (Lipinski definition) is 6. The fraction of sp³-hybridized carbons (Fsp3) is 0.304. The molecule has 1 amide bonds. The lowest BCUT2D eigenvalue weighted by molar-refractivity contribution is 0.0576. The quantitative estimate of drug-likeness (QED) is 0.569. The van der Waals surface area contributed by atoms with Gasteiger partial charge in [0.15, 0.2) is 0 Å². The number of benzene rings is 2. The first-order valence-electron chi connectivity index (χ1n) is 10.3. The highest BCUT2D eigenvalue weighted by Gasteiger charge is 2.30. The number of carbonyl (C=O) groups excluding carboxylic acids is 1. The van der Waals surface area contributed by atoms with Gasteiger partial charge in [-0.15, -0.1) is 5.10 Å². The number of amides is 1. The molecule has 9 nitrogen and oxygen atoms in total. The van der Waals surface area contributed by atoms with Crippen LogP contribution in [0.15, 0.2) is 59.5 Å². The smallest absolute Gasteiger partial charge is 0.294 e. The van der Waals surface area contributed by atoms with E-state index in [1.54, 1.807) is 17.0 Å². The van der Waals surface area contributed by atoms with Crippen molar-refractivity contribution in [3.63, 3.8) is 0 Å². The highest BCUT2D eigenvalue weighted by atomic mass is 32.2. The molecule has 172 valence electrons. The van der Waals surface area contributed by atoms with E-state index in [9.17, 15) is 13.2 Å². The molecule has 0 aliphatic carbocycles. The molecule has 2 N–H and O–H groups in total. The van der Waals surface area contributed by atoms with Gasteiger partial charge in [-0.3, -0.25) is 4.79 Å². The molecular formula is C23H26N6O3S. The van der Waals surface area contributed by atoms with Gasteiger partial charge in [0.05, 0.1) is 23.1 Å². The number of rotatable bonds is 7.